The summed E-state index contributed by atoms with van der Waals surface area (Å²) in [6, 6.07) is 10.7. The van der Waals surface area contributed by atoms with E-state index < -0.39 is 5.95 Å². The molecule has 0 amide bonds. The topological polar surface area (TPSA) is 38.7 Å². The lowest BCUT2D eigenvalue weighted by atomic mass is 10.1. The van der Waals surface area contributed by atoms with E-state index in [1.165, 1.54) is 6.07 Å². The van der Waals surface area contributed by atoms with Crippen LogP contribution in [0.1, 0.15) is 17.0 Å². The molecule has 3 aromatic rings. The molecule has 0 aromatic carbocycles. The average Bonchev–Trinajstić information content (AvgIpc) is 2.39. The molecule has 3 nitrogen and oxygen atoms in total. The summed E-state index contributed by atoms with van der Waals surface area (Å²) < 4.78 is 13.0. The van der Waals surface area contributed by atoms with E-state index in [-0.39, 0.29) is 0 Å². The van der Waals surface area contributed by atoms with Crippen LogP contribution >= 0.6 is 0 Å². The molecule has 94 valence electrons. The maximum atomic E-state index is 13.0. The number of pyridine rings is 3. The van der Waals surface area contributed by atoms with Gasteiger partial charge < -0.3 is 0 Å². The van der Waals surface area contributed by atoms with Crippen molar-refractivity contribution in [3.8, 4) is 0 Å². The van der Waals surface area contributed by atoms with Gasteiger partial charge in [-0.3, -0.25) is 9.97 Å². The van der Waals surface area contributed by atoms with Crippen LogP contribution in [0.15, 0.2) is 42.6 Å². The third kappa shape index (κ3) is 2.57. The Kier molecular flexibility index (Phi) is 2.91. The Morgan fingerprint density at radius 2 is 1.79 bits per heavy atom. The normalized spacial score (nSPS) is 10.8. The fourth-order valence-corrected chi connectivity index (χ4v) is 2.05. The van der Waals surface area contributed by atoms with Crippen molar-refractivity contribution in [1.29, 1.82) is 0 Å². The summed E-state index contributed by atoms with van der Waals surface area (Å²) in [5.74, 6) is -0.480. The van der Waals surface area contributed by atoms with Gasteiger partial charge in [-0.15, -0.1) is 0 Å². The van der Waals surface area contributed by atoms with Gasteiger partial charge in [-0.25, -0.2) is 4.98 Å². The van der Waals surface area contributed by atoms with E-state index in [2.05, 4.69) is 15.0 Å². The number of fused-ring (bicyclic) bond motifs is 1. The molecule has 0 bridgehead atoms. The lowest BCUT2D eigenvalue weighted by Gasteiger charge is -2.04. The minimum absolute atomic E-state index is 0.480. The molecule has 19 heavy (non-hydrogen) atoms. The summed E-state index contributed by atoms with van der Waals surface area (Å²) in [5.41, 5.74) is 4.38. The Hall–Kier alpha value is -2.36. The average molecular weight is 253 g/mol. The van der Waals surface area contributed by atoms with Crippen molar-refractivity contribution in [3.63, 3.8) is 0 Å². The summed E-state index contributed by atoms with van der Waals surface area (Å²) in [5, 5.41) is 0. The molecule has 3 rings (SSSR count). The predicted molar refractivity (Wildman–Crippen MR) is 71.3 cm³/mol. The van der Waals surface area contributed by atoms with Gasteiger partial charge in [0, 0.05) is 24.0 Å². The van der Waals surface area contributed by atoms with Gasteiger partial charge >= 0.3 is 0 Å². The van der Waals surface area contributed by atoms with E-state index in [1.807, 2.05) is 25.1 Å². The van der Waals surface area contributed by atoms with Gasteiger partial charge in [-0.1, -0.05) is 0 Å². The first kappa shape index (κ1) is 11.7. The summed E-state index contributed by atoms with van der Waals surface area (Å²) in [4.78, 5) is 12.5. The molecule has 3 heterocycles. The fraction of sp³-hybridized carbons (Fsp3) is 0.133. The Bertz CT molecular complexity index is 740. The quantitative estimate of drug-likeness (QED) is 0.659. The molecule has 0 aliphatic rings. The van der Waals surface area contributed by atoms with Crippen LogP contribution in [-0.4, -0.2) is 15.0 Å². The van der Waals surface area contributed by atoms with Crippen molar-refractivity contribution in [1.82, 2.24) is 15.0 Å². The van der Waals surface area contributed by atoms with Gasteiger partial charge in [0.2, 0.25) is 5.95 Å². The molecule has 0 saturated carbocycles. The fourth-order valence-electron chi connectivity index (χ4n) is 2.05. The smallest absolute Gasteiger partial charge is 0.213 e. The maximum absolute atomic E-state index is 13.0. The SMILES string of the molecule is Cc1cc(Cc2ccc3nc(F)ccc3n2)ccn1. The Morgan fingerprint density at radius 1 is 1.00 bits per heavy atom. The molecule has 0 unspecified atom stereocenters. The van der Waals surface area contributed by atoms with Gasteiger partial charge in [0.15, 0.2) is 0 Å². The van der Waals surface area contributed by atoms with Crippen molar-refractivity contribution in [3.05, 3.63) is 65.5 Å². The van der Waals surface area contributed by atoms with Crippen LogP contribution in [0.5, 0.6) is 0 Å². The molecule has 0 radical (unpaired) electrons. The van der Waals surface area contributed by atoms with Gasteiger partial charge in [0.05, 0.1) is 11.0 Å². The van der Waals surface area contributed by atoms with Gasteiger partial charge in [0.1, 0.15) is 0 Å². The van der Waals surface area contributed by atoms with Crippen LogP contribution in [0.3, 0.4) is 0 Å². The second-order valence-electron chi connectivity index (χ2n) is 4.46. The van der Waals surface area contributed by atoms with Crippen LogP contribution in [-0.2, 0) is 6.42 Å². The van der Waals surface area contributed by atoms with Crippen LogP contribution < -0.4 is 0 Å². The largest absolute Gasteiger partial charge is 0.262 e. The third-order valence-electron chi connectivity index (χ3n) is 2.91. The molecule has 0 saturated heterocycles. The highest BCUT2D eigenvalue weighted by Gasteiger charge is 2.03. The second kappa shape index (κ2) is 4.72. The Labute approximate surface area is 110 Å². The van der Waals surface area contributed by atoms with Gasteiger partial charge in [-0.05, 0) is 48.9 Å². The number of aromatic nitrogens is 3. The Balaban J connectivity index is 1.95. The summed E-state index contributed by atoms with van der Waals surface area (Å²) >= 11 is 0. The Morgan fingerprint density at radius 3 is 2.63 bits per heavy atom. The first-order valence-corrected chi connectivity index (χ1v) is 6.04. The molecule has 4 heteroatoms. The lowest BCUT2D eigenvalue weighted by molar-refractivity contribution is 0.589. The number of hydrogen-bond donors (Lipinski definition) is 0. The number of aryl methyl sites for hydroxylation is 1. The molecule has 0 N–H and O–H groups in total. The first-order valence-electron chi connectivity index (χ1n) is 6.04. The molecule has 0 aliphatic carbocycles. The van der Waals surface area contributed by atoms with Gasteiger partial charge in [0.25, 0.3) is 0 Å². The van der Waals surface area contributed by atoms with Crippen LogP contribution in [0.4, 0.5) is 4.39 Å². The number of halogens is 1. The zero-order chi connectivity index (χ0) is 13.2. The summed E-state index contributed by atoms with van der Waals surface area (Å²) in [7, 11) is 0. The lowest BCUT2D eigenvalue weighted by Crippen LogP contribution is -1.95. The van der Waals surface area contributed by atoms with Crippen molar-refractivity contribution in [2.24, 2.45) is 0 Å². The van der Waals surface area contributed by atoms with Crippen LogP contribution in [0.25, 0.3) is 11.0 Å². The minimum Gasteiger partial charge on any atom is -0.262 e. The molecular weight excluding hydrogens is 241 g/mol. The van der Waals surface area contributed by atoms with Crippen molar-refractivity contribution >= 4 is 11.0 Å². The molecule has 0 atom stereocenters. The van der Waals surface area contributed by atoms with Crippen molar-refractivity contribution in [2.45, 2.75) is 13.3 Å². The molecular formula is C15H12FN3. The zero-order valence-electron chi connectivity index (χ0n) is 10.5. The minimum atomic E-state index is -0.480. The highest BCUT2D eigenvalue weighted by atomic mass is 19.1. The summed E-state index contributed by atoms with van der Waals surface area (Å²) in [6.45, 7) is 1.96. The number of rotatable bonds is 2. The molecule has 0 spiro atoms. The maximum Gasteiger partial charge on any atom is 0.213 e. The second-order valence-corrected chi connectivity index (χ2v) is 4.46. The van der Waals surface area contributed by atoms with Crippen molar-refractivity contribution < 1.29 is 4.39 Å². The van der Waals surface area contributed by atoms with E-state index in [9.17, 15) is 4.39 Å². The highest BCUT2D eigenvalue weighted by Crippen LogP contribution is 2.13. The highest BCUT2D eigenvalue weighted by molar-refractivity contribution is 5.73. The van der Waals surface area contributed by atoms with E-state index >= 15 is 0 Å². The molecule has 3 aromatic heterocycles. The van der Waals surface area contributed by atoms with Crippen LogP contribution in [0, 0.1) is 12.9 Å². The number of hydrogen-bond acceptors (Lipinski definition) is 3. The van der Waals surface area contributed by atoms with Crippen molar-refractivity contribution in [2.75, 3.05) is 0 Å². The third-order valence-corrected chi connectivity index (χ3v) is 2.91. The predicted octanol–water partition coefficient (Wildman–Crippen LogP) is 3.06. The monoisotopic (exact) mass is 253 g/mol. The summed E-state index contributed by atoms with van der Waals surface area (Å²) in [6.07, 6.45) is 2.53. The van der Waals surface area contributed by atoms with E-state index in [4.69, 9.17) is 0 Å². The zero-order valence-corrected chi connectivity index (χ0v) is 10.5. The van der Waals surface area contributed by atoms with Crippen LogP contribution in [0.2, 0.25) is 0 Å². The standard InChI is InChI=1S/C15H12FN3/c1-10-8-11(6-7-17-10)9-12-2-3-14-13(18-12)4-5-15(16)19-14/h2-8H,9H2,1H3. The molecule has 0 fully saturated rings. The van der Waals surface area contributed by atoms with E-state index in [0.29, 0.717) is 11.0 Å². The number of nitrogens with zero attached hydrogens (tertiary/aromatic N) is 3. The van der Waals surface area contributed by atoms with E-state index in [0.717, 1.165) is 23.4 Å². The van der Waals surface area contributed by atoms with Gasteiger partial charge in [-0.2, -0.15) is 4.39 Å². The van der Waals surface area contributed by atoms with E-state index in [1.54, 1.807) is 18.3 Å². The first-order chi connectivity index (χ1) is 9.20. The molecule has 0 aliphatic heterocycles.